The number of esters is 1. The number of rotatable bonds is 11. The van der Waals surface area contributed by atoms with E-state index >= 15 is 0 Å². The van der Waals surface area contributed by atoms with Crippen LogP contribution in [0.25, 0.3) is 18.2 Å². The molecule has 2 aromatic carbocycles. The second-order valence-electron chi connectivity index (χ2n) is 8.07. The van der Waals surface area contributed by atoms with Crippen LogP contribution in [-0.4, -0.2) is 41.8 Å². The quantitative estimate of drug-likeness (QED) is 0.128. The van der Waals surface area contributed by atoms with Crippen LogP contribution < -0.4 is 10.2 Å². The minimum Gasteiger partial charge on any atom is -0.462 e. The Labute approximate surface area is 231 Å². The molecular weight excluding hydrogens is 514 g/mol. The molecule has 0 unspecified atom stereocenters. The molecule has 10 nitrogen and oxygen atoms in total. The van der Waals surface area contributed by atoms with Crippen molar-refractivity contribution in [3.63, 3.8) is 0 Å². The molecular formula is C28H29N7O3S. The van der Waals surface area contributed by atoms with Crippen LogP contribution in [-0.2, 0) is 14.3 Å². The largest absolute Gasteiger partial charge is 0.462 e. The Bertz CT molecular complexity index is 1430. The van der Waals surface area contributed by atoms with Crippen LogP contribution in [0.3, 0.4) is 0 Å². The molecule has 0 spiro atoms. The fourth-order valence-electron chi connectivity index (χ4n) is 3.50. The number of aromatic nitrogens is 2. The zero-order valence-corrected chi connectivity index (χ0v) is 23.0. The Hall–Kier alpha value is -4.69. The molecule has 39 heavy (non-hydrogen) atoms. The maximum absolute atomic E-state index is 11.8. The number of azo groups is 1. The molecule has 0 atom stereocenters. The van der Waals surface area contributed by atoms with Gasteiger partial charge in [-0.25, -0.2) is 4.79 Å². The van der Waals surface area contributed by atoms with Gasteiger partial charge in [0, 0.05) is 25.7 Å². The Morgan fingerprint density at radius 3 is 2.41 bits per heavy atom. The first-order valence-corrected chi connectivity index (χ1v) is 13.2. The summed E-state index contributed by atoms with van der Waals surface area (Å²) in [5.74, 6) is -0.837. The SMILES string of the molecule is CCOC(=O)/C(C#N)=C/c1ccc(/C=C/c2nnc(N=Nc3ccc(N(CC)CC)cc3NC(C)=O)s2)cc1. The van der Waals surface area contributed by atoms with E-state index in [0.29, 0.717) is 27.1 Å². The molecule has 1 aromatic heterocycles. The molecule has 11 heteroatoms. The third-order valence-electron chi connectivity index (χ3n) is 5.37. The number of hydrogen-bond donors (Lipinski definition) is 1. The zero-order valence-electron chi connectivity index (χ0n) is 22.2. The predicted octanol–water partition coefficient (Wildman–Crippen LogP) is 6.40. The topological polar surface area (TPSA) is 133 Å². The van der Waals surface area contributed by atoms with E-state index in [-0.39, 0.29) is 18.1 Å². The van der Waals surface area contributed by atoms with Crippen LogP contribution in [0.5, 0.6) is 0 Å². The number of ether oxygens (including phenoxy) is 1. The van der Waals surface area contributed by atoms with Crippen LogP contribution >= 0.6 is 11.3 Å². The molecule has 1 heterocycles. The lowest BCUT2D eigenvalue weighted by Crippen LogP contribution is -2.21. The Morgan fingerprint density at radius 1 is 1.05 bits per heavy atom. The summed E-state index contributed by atoms with van der Waals surface area (Å²) in [6.07, 6.45) is 5.16. The van der Waals surface area contributed by atoms with Gasteiger partial charge >= 0.3 is 5.97 Å². The highest BCUT2D eigenvalue weighted by Crippen LogP contribution is 2.32. The zero-order chi connectivity index (χ0) is 28.2. The van der Waals surface area contributed by atoms with E-state index in [0.717, 1.165) is 24.3 Å². The van der Waals surface area contributed by atoms with Gasteiger partial charge < -0.3 is 15.0 Å². The summed E-state index contributed by atoms with van der Waals surface area (Å²) in [6, 6.07) is 14.8. The van der Waals surface area contributed by atoms with E-state index in [2.05, 4.69) is 44.5 Å². The van der Waals surface area contributed by atoms with E-state index in [4.69, 9.17) is 4.74 Å². The number of amides is 1. The summed E-state index contributed by atoms with van der Waals surface area (Å²) in [5.41, 5.74) is 3.62. The smallest absolute Gasteiger partial charge is 0.348 e. The Kier molecular flexibility index (Phi) is 10.6. The van der Waals surface area contributed by atoms with Crippen molar-refractivity contribution in [1.82, 2.24) is 10.2 Å². The summed E-state index contributed by atoms with van der Waals surface area (Å²) in [5, 5.41) is 29.7. The average molecular weight is 544 g/mol. The number of nitrogens with one attached hydrogen (secondary N) is 1. The molecule has 0 radical (unpaired) electrons. The van der Waals surface area contributed by atoms with Gasteiger partial charge in [0.05, 0.1) is 12.3 Å². The van der Waals surface area contributed by atoms with Crippen LogP contribution in [0.15, 0.2) is 58.3 Å². The standard InChI is InChI=1S/C28H29N7O3S/c1-5-35(6-2)23-13-14-24(25(17-23)30-19(4)36)31-33-28-34-32-26(39-28)15-12-20-8-10-21(11-9-20)16-22(18-29)27(37)38-7-3/h8-17H,5-7H2,1-4H3,(H,30,36)/b15-12+,22-16+,33-31?. The molecule has 0 saturated heterocycles. The molecule has 0 saturated carbocycles. The molecule has 0 bridgehead atoms. The van der Waals surface area contributed by atoms with E-state index in [1.165, 1.54) is 24.3 Å². The maximum atomic E-state index is 11.8. The van der Waals surface area contributed by atoms with Gasteiger partial charge in [0.15, 0.2) is 0 Å². The van der Waals surface area contributed by atoms with Gasteiger partial charge in [-0.2, -0.15) is 5.26 Å². The van der Waals surface area contributed by atoms with Crippen molar-refractivity contribution in [2.45, 2.75) is 27.7 Å². The molecule has 0 fully saturated rings. The third-order valence-corrected chi connectivity index (χ3v) is 6.15. The first-order valence-electron chi connectivity index (χ1n) is 12.4. The molecule has 3 aromatic rings. The predicted molar refractivity (Wildman–Crippen MR) is 154 cm³/mol. The first kappa shape index (κ1) is 28.9. The second kappa shape index (κ2) is 14.3. The van der Waals surface area contributed by atoms with Crippen molar-refractivity contribution in [2.24, 2.45) is 10.2 Å². The monoisotopic (exact) mass is 543 g/mol. The Morgan fingerprint density at radius 2 is 1.77 bits per heavy atom. The summed E-state index contributed by atoms with van der Waals surface area (Å²) in [6.45, 7) is 9.18. The highest BCUT2D eigenvalue weighted by atomic mass is 32.1. The normalized spacial score (nSPS) is 11.5. The molecule has 0 aliphatic rings. The van der Waals surface area contributed by atoms with Crippen LogP contribution in [0, 0.1) is 11.3 Å². The van der Waals surface area contributed by atoms with Gasteiger partial charge in [-0.1, -0.05) is 41.7 Å². The summed E-state index contributed by atoms with van der Waals surface area (Å²) < 4.78 is 4.88. The van der Waals surface area contributed by atoms with Crippen molar-refractivity contribution in [1.29, 1.82) is 5.26 Å². The highest BCUT2D eigenvalue weighted by molar-refractivity contribution is 7.15. The molecule has 1 amide bonds. The number of nitrogens with zero attached hydrogens (tertiary/aromatic N) is 6. The number of anilines is 2. The average Bonchev–Trinajstić information content (AvgIpc) is 3.39. The molecule has 200 valence electrons. The molecule has 0 aliphatic heterocycles. The third kappa shape index (κ3) is 8.41. The highest BCUT2D eigenvalue weighted by Gasteiger charge is 2.11. The van der Waals surface area contributed by atoms with Crippen molar-refractivity contribution in [3.8, 4) is 6.07 Å². The van der Waals surface area contributed by atoms with Crippen molar-refractivity contribution in [2.75, 3.05) is 29.9 Å². The van der Waals surface area contributed by atoms with Crippen molar-refractivity contribution >= 4 is 63.6 Å². The number of hydrogen-bond acceptors (Lipinski definition) is 10. The van der Waals surface area contributed by atoms with Gasteiger partial charge in [0.2, 0.25) is 5.91 Å². The van der Waals surface area contributed by atoms with Crippen LogP contribution in [0.1, 0.15) is 43.8 Å². The minimum atomic E-state index is -0.642. The number of benzene rings is 2. The van der Waals surface area contributed by atoms with Crippen molar-refractivity contribution < 1.29 is 14.3 Å². The second-order valence-corrected chi connectivity index (χ2v) is 9.06. The lowest BCUT2D eigenvalue weighted by molar-refractivity contribution is -0.137. The molecule has 3 rings (SSSR count). The first-order chi connectivity index (χ1) is 18.9. The van der Waals surface area contributed by atoms with E-state index in [1.54, 1.807) is 19.1 Å². The van der Waals surface area contributed by atoms with Gasteiger partial charge in [0.1, 0.15) is 22.3 Å². The Balaban J connectivity index is 1.71. The van der Waals surface area contributed by atoms with E-state index < -0.39 is 5.97 Å². The number of nitriles is 1. The van der Waals surface area contributed by atoms with Gasteiger partial charge in [-0.05, 0) is 62.2 Å². The lowest BCUT2D eigenvalue weighted by Gasteiger charge is -2.22. The summed E-state index contributed by atoms with van der Waals surface area (Å²) in [7, 11) is 0. The lowest BCUT2D eigenvalue weighted by atomic mass is 10.1. The van der Waals surface area contributed by atoms with Gasteiger partial charge in [-0.15, -0.1) is 20.4 Å². The van der Waals surface area contributed by atoms with E-state index in [9.17, 15) is 14.9 Å². The maximum Gasteiger partial charge on any atom is 0.348 e. The molecule has 1 N–H and O–H groups in total. The van der Waals surface area contributed by atoms with E-state index in [1.807, 2.05) is 48.6 Å². The fraction of sp³-hybridized carbons (Fsp3) is 0.250. The number of carbonyl (C=O) groups is 2. The minimum absolute atomic E-state index is 0.0558. The van der Waals surface area contributed by atoms with Crippen LogP contribution in [0.2, 0.25) is 0 Å². The molecule has 0 aliphatic carbocycles. The van der Waals surface area contributed by atoms with Crippen molar-refractivity contribution in [3.05, 3.63) is 64.2 Å². The van der Waals surface area contributed by atoms with Gasteiger partial charge in [-0.3, -0.25) is 4.79 Å². The number of carbonyl (C=O) groups excluding carboxylic acids is 2. The van der Waals surface area contributed by atoms with Crippen LogP contribution in [0.4, 0.5) is 22.2 Å². The fourth-order valence-corrected chi connectivity index (χ4v) is 4.07. The summed E-state index contributed by atoms with van der Waals surface area (Å²) in [4.78, 5) is 25.7. The summed E-state index contributed by atoms with van der Waals surface area (Å²) >= 11 is 1.27. The van der Waals surface area contributed by atoms with Gasteiger partial charge in [0.25, 0.3) is 5.13 Å².